The number of hydrogen-bond acceptors (Lipinski definition) is 18. The van der Waals surface area contributed by atoms with Crippen LogP contribution in [0, 0.1) is 23.7 Å². The van der Waals surface area contributed by atoms with Gasteiger partial charge in [-0.1, -0.05) is 38.9 Å². The molecule has 18 atom stereocenters. The Balaban J connectivity index is 1.90. The molecule has 17 nitrogen and oxygen atoms in total. The summed E-state index contributed by atoms with van der Waals surface area (Å²) in [4.78, 5) is 48.4. The Kier molecular flexibility index (Phi) is 19.4. The molecule has 0 saturated carbocycles. The summed E-state index contributed by atoms with van der Waals surface area (Å²) in [6.07, 6.45) is -8.77. The van der Waals surface area contributed by atoms with Gasteiger partial charge >= 0.3 is 17.9 Å². The summed E-state index contributed by atoms with van der Waals surface area (Å²) < 4.78 is 50.3. The minimum Gasteiger partial charge on any atom is -0.459 e. The number of aliphatic hydroxyl groups excluding tert-OH is 1. The zero-order chi connectivity index (χ0) is 48.8. The second kappa shape index (κ2) is 23.0. The van der Waals surface area contributed by atoms with Crippen LogP contribution < -0.4 is 0 Å². The summed E-state index contributed by atoms with van der Waals surface area (Å²) in [5.74, 6) is -5.27. The third kappa shape index (κ3) is 13.5. The summed E-state index contributed by atoms with van der Waals surface area (Å²) in [5.41, 5.74) is -4.50. The molecule has 3 fully saturated rings. The fourth-order valence-corrected chi connectivity index (χ4v) is 10.7. The molecule has 4 heterocycles. The van der Waals surface area contributed by atoms with Crippen LogP contribution in [0.4, 0.5) is 0 Å². The van der Waals surface area contributed by atoms with Crippen molar-refractivity contribution in [3.63, 3.8) is 0 Å². The van der Waals surface area contributed by atoms with Crippen molar-refractivity contribution in [2.24, 2.45) is 28.8 Å². The van der Waals surface area contributed by atoms with Crippen molar-refractivity contribution >= 4 is 35.0 Å². The molecule has 372 valence electrons. The van der Waals surface area contributed by atoms with E-state index < -0.39 is 114 Å². The molecular formula is C47H78N2O15S. The van der Waals surface area contributed by atoms with E-state index in [-0.39, 0.29) is 38.0 Å². The maximum absolute atomic E-state index is 14.6. The van der Waals surface area contributed by atoms with Crippen LogP contribution in [-0.4, -0.2) is 156 Å². The first-order chi connectivity index (χ1) is 30.3. The Morgan fingerprint density at radius 1 is 0.938 bits per heavy atom. The average Bonchev–Trinajstić information content (AvgIpc) is 3.74. The molecule has 0 aliphatic carbocycles. The van der Waals surface area contributed by atoms with Crippen LogP contribution >= 0.6 is 11.3 Å². The number of ether oxygens (including phenoxy) is 8. The summed E-state index contributed by atoms with van der Waals surface area (Å²) >= 11 is 1.59. The molecule has 1 aromatic heterocycles. The van der Waals surface area contributed by atoms with Crippen molar-refractivity contribution in [1.82, 2.24) is 4.90 Å². The molecule has 3 saturated heterocycles. The number of thiophene rings is 1. The lowest BCUT2D eigenvalue weighted by atomic mass is 9.73. The smallest absolute Gasteiger partial charge is 0.311 e. The number of methoxy groups -OCH3 is 1. The van der Waals surface area contributed by atoms with Crippen molar-refractivity contribution in [2.75, 3.05) is 27.8 Å². The van der Waals surface area contributed by atoms with Crippen LogP contribution in [0.25, 0.3) is 0 Å². The molecule has 1 aromatic rings. The lowest BCUT2D eigenvalue weighted by molar-refractivity contribution is -0.319. The lowest BCUT2D eigenvalue weighted by Crippen LogP contribution is -2.62. The molecule has 0 unspecified atom stereocenters. The Morgan fingerprint density at radius 2 is 1.60 bits per heavy atom. The molecule has 18 heteroatoms. The van der Waals surface area contributed by atoms with Crippen molar-refractivity contribution in [1.29, 1.82) is 0 Å². The number of aliphatic hydroxyl groups is 3. The minimum absolute atomic E-state index is 0.0303. The number of nitrogens with zero attached hydrogens (tertiary/aromatic N) is 2. The van der Waals surface area contributed by atoms with Crippen LogP contribution in [0.1, 0.15) is 114 Å². The van der Waals surface area contributed by atoms with Gasteiger partial charge in [-0.15, -0.1) is 11.3 Å². The van der Waals surface area contributed by atoms with E-state index in [2.05, 4.69) is 5.16 Å². The van der Waals surface area contributed by atoms with Crippen LogP contribution in [0.3, 0.4) is 0 Å². The number of cyclic esters (lactones) is 1. The fraction of sp³-hybridized carbons (Fsp3) is 0.830. The largest absolute Gasteiger partial charge is 0.459 e. The van der Waals surface area contributed by atoms with Gasteiger partial charge in [-0.2, -0.15) is 0 Å². The van der Waals surface area contributed by atoms with Crippen molar-refractivity contribution in [3.8, 4) is 0 Å². The maximum Gasteiger partial charge on any atom is 0.311 e. The molecule has 0 spiro atoms. The van der Waals surface area contributed by atoms with Gasteiger partial charge in [-0.05, 0) is 86.3 Å². The molecule has 0 amide bonds. The molecule has 3 aliphatic heterocycles. The third-order valence-corrected chi connectivity index (χ3v) is 14.5. The van der Waals surface area contributed by atoms with E-state index in [1.54, 1.807) is 59.8 Å². The molecule has 0 bridgehead atoms. The SMILES string of the molecule is CC[C@@H]1OC(=O)[C@H](C)[C@@H](O[C@H]2C[C@@](C)(OC)[C@@H](OC(C)=O)[C@H](C)O2)[C@H](C)[C@@H](O[C@@H]2O[C@H](C)C[C@H](N(C)C)[C@H]2OC(C)=O)[C@@](C)(O)C[C@@H](C)/C(=N/OCCc2cccs2)[C@@H](C)[C@@H](O)[C@]1(C)O. The van der Waals surface area contributed by atoms with Gasteiger partial charge in [0.2, 0.25) is 0 Å². The zero-order valence-electron chi connectivity index (χ0n) is 41.2. The molecule has 3 aliphatic rings. The minimum atomic E-state index is -1.97. The van der Waals surface area contributed by atoms with E-state index in [0.717, 1.165) is 4.88 Å². The second-order valence-electron chi connectivity index (χ2n) is 19.4. The first-order valence-electron chi connectivity index (χ1n) is 23.0. The second-order valence-corrected chi connectivity index (χ2v) is 20.4. The van der Waals surface area contributed by atoms with Crippen LogP contribution in [0.2, 0.25) is 0 Å². The summed E-state index contributed by atoms with van der Waals surface area (Å²) in [6, 6.07) is 3.62. The normalized spacial score (nSPS) is 41.9. The zero-order valence-corrected chi connectivity index (χ0v) is 42.0. The van der Waals surface area contributed by atoms with Gasteiger partial charge < -0.3 is 63.0 Å². The molecular weight excluding hydrogens is 865 g/mol. The van der Waals surface area contributed by atoms with Gasteiger partial charge in [-0.3, -0.25) is 14.4 Å². The highest BCUT2D eigenvalue weighted by molar-refractivity contribution is 7.09. The van der Waals surface area contributed by atoms with E-state index >= 15 is 0 Å². The molecule has 3 N–H and O–H groups in total. The highest BCUT2D eigenvalue weighted by atomic mass is 32.1. The maximum atomic E-state index is 14.6. The molecule has 4 rings (SSSR count). The molecule has 0 radical (unpaired) electrons. The van der Waals surface area contributed by atoms with Gasteiger partial charge in [0.15, 0.2) is 24.8 Å². The van der Waals surface area contributed by atoms with E-state index in [4.69, 9.17) is 42.7 Å². The molecule has 0 aromatic carbocycles. The van der Waals surface area contributed by atoms with E-state index in [0.29, 0.717) is 18.6 Å². The first-order valence-corrected chi connectivity index (χ1v) is 23.9. The molecule has 65 heavy (non-hydrogen) atoms. The first kappa shape index (κ1) is 54.8. The highest BCUT2D eigenvalue weighted by Crippen LogP contribution is 2.42. The Labute approximate surface area is 389 Å². The standard InChI is InChI=1S/C47H78N2O15S/c1-16-35-47(12,55)40(52)27(4)37(48-57-20-19-33-18-17-21-65-33)25(2)23-45(10,54)41(64-44-39(60-31(8)50)34(49(13)14)22-26(3)58-44)28(5)38(29(6)43(53)62-35)63-36-24-46(11,56-15)42(30(7)59-36)61-32(9)51/h17-18,21,25-30,34-36,38-42,44,52,54-55H,16,19-20,22-24H2,1-15H3/b48-37-/t25-,26-,27-,28+,29-,30+,34+,35+,36+,38+,39-,40-,41-,42+,44+,45+,46-,47-/m1/s1. The van der Waals surface area contributed by atoms with Crippen LogP contribution in [0.5, 0.6) is 0 Å². The van der Waals surface area contributed by atoms with Crippen molar-refractivity contribution < 1.29 is 72.4 Å². The highest BCUT2D eigenvalue weighted by Gasteiger charge is 2.54. The number of esters is 3. The monoisotopic (exact) mass is 943 g/mol. The Morgan fingerprint density at radius 3 is 2.17 bits per heavy atom. The number of carbonyl (C=O) groups excluding carboxylic acids is 3. The van der Waals surface area contributed by atoms with Crippen molar-refractivity contribution in [3.05, 3.63) is 22.4 Å². The Hall–Kier alpha value is -2.78. The number of rotatable bonds is 13. The van der Waals surface area contributed by atoms with E-state index in [1.807, 2.05) is 50.4 Å². The van der Waals surface area contributed by atoms with Gasteiger partial charge in [-0.25, -0.2) is 0 Å². The lowest BCUT2D eigenvalue weighted by Gasteiger charge is -2.49. The third-order valence-electron chi connectivity index (χ3n) is 13.6. The van der Waals surface area contributed by atoms with Gasteiger partial charge in [0.1, 0.15) is 23.9 Å². The summed E-state index contributed by atoms with van der Waals surface area (Å²) in [5, 5.41) is 43.8. The number of hydrogen-bond donors (Lipinski definition) is 3. The number of oxime groups is 1. The predicted octanol–water partition coefficient (Wildman–Crippen LogP) is 5.03. The predicted molar refractivity (Wildman–Crippen MR) is 242 cm³/mol. The average molecular weight is 943 g/mol. The summed E-state index contributed by atoms with van der Waals surface area (Å²) in [6.45, 7) is 20.0. The fourth-order valence-electron chi connectivity index (χ4n) is 10.0. The quantitative estimate of drug-likeness (QED) is 0.102. The summed E-state index contributed by atoms with van der Waals surface area (Å²) in [7, 11) is 5.25. The topological polar surface area (TPSA) is 211 Å². The van der Waals surface area contributed by atoms with Gasteiger partial charge in [0.25, 0.3) is 0 Å². The number of likely N-dealkylation sites (N-methyl/N-ethyl adjacent to an activating group) is 1. The van der Waals surface area contributed by atoms with E-state index in [1.165, 1.54) is 27.9 Å². The Bertz CT molecular complexity index is 1730. The van der Waals surface area contributed by atoms with Gasteiger partial charge in [0.05, 0.1) is 53.8 Å². The van der Waals surface area contributed by atoms with Crippen LogP contribution in [-0.2, 0) is 63.5 Å². The van der Waals surface area contributed by atoms with Gasteiger partial charge in [0, 0.05) is 56.4 Å². The van der Waals surface area contributed by atoms with Crippen LogP contribution in [0.15, 0.2) is 22.7 Å². The van der Waals surface area contributed by atoms with Crippen molar-refractivity contribution in [2.45, 2.75) is 199 Å². The van der Waals surface area contributed by atoms with E-state index in [9.17, 15) is 29.7 Å². The number of carbonyl (C=O) groups is 3.